The third-order valence-electron chi connectivity index (χ3n) is 6.17. The fraction of sp³-hybridized carbons (Fsp3) is 0.417. The van der Waals surface area contributed by atoms with Gasteiger partial charge in [-0.05, 0) is 36.2 Å². The molecule has 2 aliphatic rings. The first-order chi connectivity index (χ1) is 14.6. The third-order valence-corrected chi connectivity index (χ3v) is 6.17. The summed E-state index contributed by atoms with van der Waals surface area (Å²) < 4.78 is 10.7. The molecule has 30 heavy (non-hydrogen) atoms. The van der Waals surface area contributed by atoms with Crippen LogP contribution in [-0.4, -0.2) is 68.1 Å². The molecule has 0 radical (unpaired) electrons. The van der Waals surface area contributed by atoms with Crippen molar-refractivity contribution in [3.8, 4) is 5.75 Å². The molecule has 2 aromatic carbocycles. The Morgan fingerprint density at radius 3 is 2.33 bits per heavy atom. The zero-order chi connectivity index (χ0) is 21.1. The van der Waals surface area contributed by atoms with Crippen molar-refractivity contribution in [3.63, 3.8) is 0 Å². The quantitative estimate of drug-likeness (QED) is 0.781. The maximum atomic E-state index is 13.4. The van der Waals surface area contributed by atoms with Gasteiger partial charge in [0.05, 0.1) is 26.2 Å². The molecule has 0 spiro atoms. The van der Waals surface area contributed by atoms with Crippen molar-refractivity contribution >= 4 is 11.8 Å². The molecule has 2 heterocycles. The fourth-order valence-electron chi connectivity index (χ4n) is 4.41. The predicted molar refractivity (Wildman–Crippen MR) is 114 cm³/mol. The molecule has 0 bridgehead atoms. The van der Waals surface area contributed by atoms with E-state index in [0.717, 1.165) is 16.9 Å². The van der Waals surface area contributed by atoms with Gasteiger partial charge in [-0.15, -0.1) is 0 Å². The maximum Gasteiger partial charge on any atom is 0.254 e. The van der Waals surface area contributed by atoms with E-state index in [1.165, 1.54) is 0 Å². The highest BCUT2D eigenvalue weighted by molar-refractivity contribution is 5.96. The molecule has 0 aromatic heterocycles. The van der Waals surface area contributed by atoms with Crippen LogP contribution in [-0.2, 0) is 9.53 Å². The Morgan fingerprint density at radius 2 is 1.67 bits per heavy atom. The Kier molecular flexibility index (Phi) is 6.04. The first-order valence-electron chi connectivity index (χ1n) is 10.4. The van der Waals surface area contributed by atoms with Crippen LogP contribution in [0.2, 0.25) is 0 Å². The lowest BCUT2D eigenvalue weighted by Crippen LogP contribution is -2.45. The summed E-state index contributed by atoms with van der Waals surface area (Å²) in [6.45, 7) is 5.25. The van der Waals surface area contributed by atoms with Crippen LogP contribution in [0.25, 0.3) is 0 Å². The largest absolute Gasteiger partial charge is 0.497 e. The number of carbonyl (C=O) groups is 2. The second kappa shape index (κ2) is 8.88. The van der Waals surface area contributed by atoms with E-state index in [1.54, 1.807) is 7.11 Å². The summed E-state index contributed by atoms with van der Waals surface area (Å²) in [4.78, 5) is 30.4. The molecular formula is C24H28N2O4. The van der Waals surface area contributed by atoms with Gasteiger partial charge < -0.3 is 19.3 Å². The molecule has 4 rings (SSSR count). The number of hydrogen-bond donors (Lipinski definition) is 0. The topological polar surface area (TPSA) is 59.1 Å². The van der Waals surface area contributed by atoms with Gasteiger partial charge in [0.25, 0.3) is 5.91 Å². The van der Waals surface area contributed by atoms with Gasteiger partial charge in [-0.1, -0.05) is 30.3 Å². The molecule has 2 saturated heterocycles. The zero-order valence-corrected chi connectivity index (χ0v) is 17.5. The number of likely N-dealkylation sites (tertiary alicyclic amines) is 1. The smallest absolute Gasteiger partial charge is 0.254 e. The molecule has 0 saturated carbocycles. The molecule has 6 heteroatoms. The number of aryl methyl sites for hydroxylation is 1. The van der Waals surface area contributed by atoms with E-state index in [0.29, 0.717) is 45.0 Å². The summed E-state index contributed by atoms with van der Waals surface area (Å²) in [6.07, 6.45) is 0. The molecule has 158 valence electrons. The Bertz CT molecular complexity index is 906. The van der Waals surface area contributed by atoms with E-state index < -0.39 is 0 Å². The summed E-state index contributed by atoms with van der Waals surface area (Å²) in [5, 5.41) is 0. The number of nitrogens with zero attached hydrogens (tertiary/aromatic N) is 2. The van der Waals surface area contributed by atoms with E-state index in [-0.39, 0.29) is 23.7 Å². The lowest BCUT2D eigenvalue weighted by Gasteiger charge is -2.30. The van der Waals surface area contributed by atoms with Crippen molar-refractivity contribution < 1.29 is 19.1 Å². The first kappa shape index (κ1) is 20.4. The van der Waals surface area contributed by atoms with Crippen molar-refractivity contribution in [2.75, 3.05) is 46.5 Å². The summed E-state index contributed by atoms with van der Waals surface area (Å²) in [5.41, 5.74) is 2.71. The zero-order valence-electron chi connectivity index (χ0n) is 17.5. The molecule has 2 aromatic rings. The SMILES string of the molecule is COc1ccc([C@@H]2CN(C(=O)c3ccccc3C)C[C@H]2C(=O)N2CCOCC2)cc1. The van der Waals surface area contributed by atoms with Gasteiger partial charge in [-0.2, -0.15) is 0 Å². The second-order valence-electron chi connectivity index (χ2n) is 7.95. The molecule has 2 amide bonds. The lowest BCUT2D eigenvalue weighted by atomic mass is 9.88. The van der Waals surface area contributed by atoms with Gasteiger partial charge in [0, 0.05) is 37.7 Å². The number of morpholine rings is 1. The summed E-state index contributed by atoms with van der Waals surface area (Å²) in [5.74, 6) is 0.576. The van der Waals surface area contributed by atoms with Crippen LogP contribution in [0.15, 0.2) is 48.5 Å². The molecule has 2 atom stereocenters. The number of benzene rings is 2. The predicted octanol–water partition coefficient (Wildman–Crippen LogP) is 2.72. The molecular weight excluding hydrogens is 380 g/mol. The molecule has 0 aliphatic carbocycles. The van der Waals surface area contributed by atoms with Crippen LogP contribution in [0.4, 0.5) is 0 Å². The van der Waals surface area contributed by atoms with Crippen molar-refractivity contribution in [1.82, 2.24) is 9.80 Å². The van der Waals surface area contributed by atoms with Crippen LogP contribution < -0.4 is 4.74 Å². The van der Waals surface area contributed by atoms with Crippen molar-refractivity contribution in [3.05, 3.63) is 65.2 Å². The van der Waals surface area contributed by atoms with E-state index in [9.17, 15) is 9.59 Å². The van der Waals surface area contributed by atoms with E-state index >= 15 is 0 Å². The molecule has 2 fully saturated rings. The van der Waals surface area contributed by atoms with E-state index in [2.05, 4.69) is 0 Å². The minimum absolute atomic E-state index is 0.0103. The number of rotatable bonds is 4. The van der Waals surface area contributed by atoms with Gasteiger partial charge in [0.2, 0.25) is 5.91 Å². The number of amides is 2. The molecule has 0 unspecified atom stereocenters. The summed E-state index contributed by atoms with van der Waals surface area (Å²) >= 11 is 0. The van der Waals surface area contributed by atoms with Gasteiger partial charge in [0.15, 0.2) is 0 Å². The minimum Gasteiger partial charge on any atom is -0.497 e. The van der Waals surface area contributed by atoms with Crippen LogP contribution in [0.1, 0.15) is 27.4 Å². The standard InChI is InChI=1S/C24H28N2O4/c1-17-5-3-4-6-20(17)23(27)26-15-21(18-7-9-19(29-2)10-8-18)22(16-26)24(28)25-11-13-30-14-12-25/h3-10,21-22H,11-16H2,1-2H3/t21-,22+/m0/s1. The number of ether oxygens (including phenoxy) is 2. The lowest BCUT2D eigenvalue weighted by molar-refractivity contribution is -0.139. The fourth-order valence-corrected chi connectivity index (χ4v) is 4.41. The Labute approximate surface area is 177 Å². The summed E-state index contributed by atoms with van der Waals surface area (Å²) in [7, 11) is 1.64. The number of hydrogen-bond acceptors (Lipinski definition) is 4. The molecule has 6 nitrogen and oxygen atoms in total. The van der Waals surface area contributed by atoms with Crippen LogP contribution >= 0.6 is 0 Å². The van der Waals surface area contributed by atoms with Crippen LogP contribution in [0.3, 0.4) is 0 Å². The van der Waals surface area contributed by atoms with E-state index in [1.807, 2.05) is 65.3 Å². The molecule has 0 N–H and O–H groups in total. The van der Waals surface area contributed by atoms with Crippen molar-refractivity contribution in [2.24, 2.45) is 5.92 Å². The maximum absolute atomic E-state index is 13.4. The van der Waals surface area contributed by atoms with Gasteiger partial charge in [-0.25, -0.2) is 0 Å². The average molecular weight is 408 g/mol. The van der Waals surface area contributed by atoms with Gasteiger partial charge >= 0.3 is 0 Å². The summed E-state index contributed by atoms with van der Waals surface area (Å²) in [6, 6.07) is 15.5. The van der Waals surface area contributed by atoms with Crippen molar-refractivity contribution in [1.29, 1.82) is 0 Å². The average Bonchev–Trinajstić information content (AvgIpc) is 3.24. The van der Waals surface area contributed by atoms with Gasteiger partial charge in [0.1, 0.15) is 5.75 Å². The molecule has 2 aliphatic heterocycles. The Balaban J connectivity index is 1.61. The normalized spacial score (nSPS) is 21.5. The highest BCUT2D eigenvalue weighted by Gasteiger charge is 2.42. The second-order valence-corrected chi connectivity index (χ2v) is 7.95. The Morgan fingerprint density at radius 1 is 0.967 bits per heavy atom. The van der Waals surface area contributed by atoms with Crippen LogP contribution in [0.5, 0.6) is 5.75 Å². The highest BCUT2D eigenvalue weighted by Crippen LogP contribution is 2.36. The highest BCUT2D eigenvalue weighted by atomic mass is 16.5. The number of methoxy groups -OCH3 is 1. The van der Waals surface area contributed by atoms with Crippen LogP contribution in [0, 0.1) is 12.8 Å². The monoisotopic (exact) mass is 408 g/mol. The van der Waals surface area contributed by atoms with Crippen molar-refractivity contribution in [2.45, 2.75) is 12.8 Å². The van der Waals surface area contributed by atoms with E-state index in [4.69, 9.17) is 9.47 Å². The number of carbonyl (C=O) groups excluding carboxylic acids is 2. The first-order valence-corrected chi connectivity index (χ1v) is 10.4. The Hall–Kier alpha value is -2.86. The third kappa shape index (κ3) is 4.05. The van der Waals surface area contributed by atoms with Gasteiger partial charge in [-0.3, -0.25) is 9.59 Å². The minimum atomic E-state index is -0.260.